The fourth-order valence-electron chi connectivity index (χ4n) is 3.17. The normalized spacial score (nSPS) is 17.8. The summed E-state index contributed by atoms with van der Waals surface area (Å²) in [5, 5.41) is 6.71. The minimum Gasteiger partial charge on any atom is -0.263 e. The van der Waals surface area contributed by atoms with Gasteiger partial charge < -0.3 is 0 Å². The summed E-state index contributed by atoms with van der Waals surface area (Å²) in [7, 11) is -3.46. The average Bonchev–Trinajstić information content (AvgIpc) is 3.28. The SMILES string of the molecule is C#C.C#C.CC1CC(c2ncn[nH]2)C1.CC[C@H](C)N(Cc1cc(F)ccc1F)S(C)(=O)=O. The van der Waals surface area contributed by atoms with Gasteiger partial charge in [0, 0.05) is 24.1 Å². The maximum Gasteiger partial charge on any atom is 0.211 e. The van der Waals surface area contributed by atoms with Gasteiger partial charge in [-0.1, -0.05) is 13.8 Å². The molecule has 1 fully saturated rings. The maximum atomic E-state index is 13.5. The van der Waals surface area contributed by atoms with E-state index in [-0.39, 0.29) is 18.2 Å². The lowest BCUT2D eigenvalue weighted by molar-refractivity contribution is 0.278. The van der Waals surface area contributed by atoms with Crippen LogP contribution in [-0.4, -0.2) is 40.2 Å². The number of halogens is 2. The van der Waals surface area contributed by atoms with Crippen LogP contribution in [0.2, 0.25) is 0 Å². The van der Waals surface area contributed by atoms with Crippen molar-refractivity contribution >= 4 is 10.0 Å². The molecule has 1 aromatic heterocycles. The van der Waals surface area contributed by atoms with Crippen molar-refractivity contribution in [2.75, 3.05) is 6.26 Å². The second-order valence-electron chi connectivity index (χ2n) is 7.45. The molecule has 1 aliphatic carbocycles. The van der Waals surface area contributed by atoms with E-state index in [2.05, 4.69) is 47.8 Å². The van der Waals surface area contributed by atoms with Gasteiger partial charge in [0.25, 0.3) is 0 Å². The molecule has 0 amide bonds. The van der Waals surface area contributed by atoms with Gasteiger partial charge in [0.1, 0.15) is 23.8 Å². The lowest BCUT2D eigenvalue weighted by Crippen LogP contribution is -2.37. The van der Waals surface area contributed by atoms with Crippen LogP contribution in [0.5, 0.6) is 0 Å². The first-order valence-corrected chi connectivity index (χ1v) is 11.9. The molecule has 6 nitrogen and oxygen atoms in total. The van der Waals surface area contributed by atoms with Crippen LogP contribution in [0.4, 0.5) is 8.78 Å². The van der Waals surface area contributed by atoms with Crippen LogP contribution < -0.4 is 0 Å². The first-order valence-electron chi connectivity index (χ1n) is 10.0. The van der Waals surface area contributed by atoms with E-state index in [1.165, 1.54) is 17.1 Å². The Kier molecular flexibility index (Phi) is 13.1. The first kappa shape index (κ1) is 29.2. The Hall–Kier alpha value is -2.75. The standard InChI is InChI=1S/C12H17F2NO2S.C7H11N3.2C2H2/c1-4-9(2)15(18(3,16)17)8-10-7-11(13)5-6-12(10)14;1-5-2-6(3-5)7-8-4-9-10-7;2*1-2/h5-7,9H,4,8H2,1-3H3;4-6H,2-3H2,1H3,(H,8,9,10);2*1-2H/t9-;;;/m0.../s1. The van der Waals surface area contributed by atoms with Gasteiger partial charge in [0.15, 0.2) is 0 Å². The fourth-order valence-corrected chi connectivity index (χ4v) is 4.35. The lowest BCUT2D eigenvalue weighted by Gasteiger charge is -2.30. The zero-order valence-corrected chi connectivity index (χ0v) is 19.8. The van der Waals surface area contributed by atoms with Crippen molar-refractivity contribution < 1.29 is 17.2 Å². The summed E-state index contributed by atoms with van der Waals surface area (Å²) < 4.78 is 51.0. The van der Waals surface area contributed by atoms with Crippen molar-refractivity contribution in [3.05, 3.63) is 47.5 Å². The molecular weight excluding hydrogens is 434 g/mol. The molecule has 1 heterocycles. The highest BCUT2D eigenvalue weighted by molar-refractivity contribution is 7.88. The lowest BCUT2D eigenvalue weighted by atomic mass is 9.76. The topological polar surface area (TPSA) is 79.0 Å². The monoisotopic (exact) mass is 466 g/mol. The van der Waals surface area contributed by atoms with Crippen molar-refractivity contribution in [3.63, 3.8) is 0 Å². The first-order chi connectivity index (χ1) is 15.1. The molecule has 1 atom stereocenters. The molecule has 1 aliphatic rings. The van der Waals surface area contributed by atoms with Crippen LogP contribution in [0.25, 0.3) is 0 Å². The third-order valence-electron chi connectivity index (χ3n) is 5.04. The van der Waals surface area contributed by atoms with Crippen molar-refractivity contribution in [1.82, 2.24) is 19.5 Å². The number of terminal acetylenes is 2. The summed E-state index contributed by atoms with van der Waals surface area (Å²) >= 11 is 0. The molecule has 0 unspecified atom stereocenters. The summed E-state index contributed by atoms with van der Waals surface area (Å²) in [6, 6.07) is 2.77. The van der Waals surface area contributed by atoms with Crippen LogP contribution in [0, 0.1) is 43.2 Å². The van der Waals surface area contributed by atoms with E-state index in [0.29, 0.717) is 12.3 Å². The summed E-state index contributed by atoms with van der Waals surface area (Å²) in [6.07, 6.45) is 21.8. The van der Waals surface area contributed by atoms with Gasteiger partial charge in [-0.2, -0.15) is 9.40 Å². The molecule has 176 valence electrons. The number of sulfonamides is 1. The number of H-pyrrole nitrogens is 1. The second kappa shape index (κ2) is 14.3. The highest BCUT2D eigenvalue weighted by Gasteiger charge is 2.28. The number of hydrogen-bond donors (Lipinski definition) is 1. The zero-order valence-electron chi connectivity index (χ0n) is 19.0. The summed E-state index contributed by atoms with van der Waals surface area (Å²) in [5.41, 5.74) is 0.0423. The largest absolute Gasteiger partial charge is 0.263 e. The Morgan fingerprint density at radius 2 is 1.81 bits per heavy atom. The number of nitrogens with one attached hydrogen (secondary N) is 1. The quantitative estimate of drug-likeness (QED) is 0.643. The van der Waals surface area contributed by atoms with Gasteiger partial charge in [-0.05, 0) is 50.3 Å². The van der Waals surface area contributed by atoms with Gasteiger partial charge in [-0.15, -0.1) is 25.7 Å². The zero-order chi connectivity index (χ0) is 24.9. The predicted molar refractivity (Wildman–Crippen MR) is 124 cm³/mol. The van der Waals surface area contributed by atoms with Crippen molar-refractivity contribution in [1.29, 1.82) is 0 Å². The molecule has 1 saturated carbocycles. The van der Waals surface area contributed by atoms with E-state index in [1.54, 1.807) is 13.3 Å². The number of benzene rings is 1. The van der Waals surface area contributed by atoms with E-state index in [4.69, 9.17) is 0 Å². The Labute approximate surface area is 190 Å². The molecule has 32 heavy (non-hydrogen) atoms. The second-order valence-corrected chi connectivity index (χ2v) is 9.38. The van der Waals surface area contributed by atoms with Crippen LogP contribution in [-0.2, 0) is 16.6 Å². The highest BCUT2D eigenvalue weighted by Crippen LogP contribution is 2.39. The molecule has 0 spiro atoms. The molecule has 2 aromatic rings. The molecule has 0 bridgehead atoms. The Bertz CT molecular complexity index is 931. The van der Waals surface area contributed by atoms with E-state index >= 15 is 0 Å². The minimum atomic E-state index is -3.46. The molecule has 3 rings (SSSR count). The predicted octanol–water partition coefficient (Wildman–Crippen LogP) is 4.34. The van der Waals surface area contributed by atoms with Crippen molar-refractivity contribution in [3.8, 4) is 25.7 Å². The third-order valence-corrected chi connectivity index (χ3v) is 6.38. The summed E-state index contributed by atoms with van der Waals surface area (Å²) in [4.78, 5) is 4.11. The van der Waals surface area contributed by atoms with E-state index < -0.39 is 21.7 Å². The molecule has 0 radical (unpaired) electrons. The molecule has 0 saturated heterocycles. The molecule has 1 aromatic carbocycles. The van der Waals surface area contributed by atoms with Gasteiger partial charge in [-0.25, -0.2) is 22.2 Å². The summed E-state index contributed by atoms with van der Waals surface area (Å²) in [5.74, 6) is 1.43. The molecule has 9 heteroatoms. The van der Waals surface area contributed by atoms with Gasteiger partial charge in [-0.3, -0.25) is 5.10 Å². The third kappa shape index (κ3) is 9.17. The number of hydrogen-bond acceptors (Lipinski definition) is 4. The Morgan fingerprint density at radius 1 is 1.22 bits per heavy atom. The van der Waals surface area contributed by atoms with Gasteiger partial charge >= 0.3 is 0 Å². The maximum absolute atomic E-state index is 13.5. The van der Waals surface area contributed by atoms with Crippen LogP contribution in [0.1, 0.15) is 57.3 Å². The summed E-state index contributed by atoms with van der Waals surface area (Å²) in [6.45, 7) is 5.69. The van der Waals surface area contributed by atoms with Crippen LogP contribution in [0.3, 0.4) is 0 Å². The Balaban J connectivity index is 0.000000574. The number of aromatic nitrogens is 3. The highest BCUT2D eigenvalue weighted by atomic mass is 32.2. The van der Waals surface area contributed by atoms with Gasteiger partial charge in [0.2, 0.25) is 10.0 Å². The molecule has 0 aliphatic heterocycles. The number of rotatable bonds is 6. The van der Waals surface area contributed by atoms with E-state index in [1.807, 2.05) is 6.92 Å². The number of aromatic amines is 1. The molecular formula is C23H32F2N4O2S. The van der Waals surface area contributed by atoms with E-state index in [0.717, 1.165) is 36.2 Å². The van der Waals surface area contributed by atoms with Crippen LogP contribution in [0.15, 0.2) is 24.5 Å². The van der Waals surface area contributed by atoms with Crippen molar-refractivity contribution in [2.24, 2.45) is 5.92 Å². The minimum absolute atomic E-state index is 0.0423. The fraction of sp³-hybridized carbons (Fsp3) is 0.478. The van der Waals surface area contributed by atoms with Crippen molar-refractivity contribution in [2.45, 2.75) is 58.5 Å². The number of nitrogens with zero attached hydrogens (tertiary/aromatic N) is 3. The van der Waals surface area contributed by atoms with E-state index in [9.17, 15) is 17.2 Å². The smallest absolute Gasteiger partial charge is 0.211 e. The Morgan fingerprint density at radius 3 is 2.25 bits per heavy atom. The van der Waals surface area contributed by atoms with Crippen LogP contribution >= 0.6 is 0 Å². The molecule has 1 N–H and O–H groups in total. The average molecular weight is 467 g/mol. The van der Waals surface area contributed by atoms with Gasteiger partial charge in [0.05, 0.1) is 6.26 Å².